The van der Waals surface area contributed by atoms with Gasteiger partial charge in [-0.25, -0.2) is 9.97 Å². The zero-order valence-corrected chi connectivity index (χ0v) is 18.2. The second-order valence-corrected chi connectivity index (χ2v) is 9.84. The van der Waals surface area contributed by atoms with Crippen LogP contribution in [0.3, 0.4) is 0 Å². The number of aromatic nitrogens is 3. The van der Waals surface area contributed by atoms with Gasteiger partial charge in [-0.1, -0.05) is 6.07 Å². The Labute approximate surface area is 188 Å². The molecule has 3 N–H and O–H groups in total. The molecule has 2 fully saturated rings. The van der Waals surface area contributed by atoms with Gasteiger partial charge in [-0.15, -0.1) is 11.3 Å². The normalized spacial score (nSPS) is 22.5. The highest BCUT2D eigenvalue weighted by Gasteiger charge is 2.47. The molecule has 1 saturated heterocycles. The van der Waals surface area contributed by atoms with Gasteiger partial charge >= 0.3 is 0 Å². The van der Waals surface area contributed by atoms with E-state index in [0.717, 1.165) is 47.4 Å². The number of nitrogens with zero attached hydrogens (tertiary/aromatic N) is 3. The lowest BCUT2D eigenvalue weighted by molar-refractivity contribution is 0.0874. The average Bonchev–Trinajstić information content (AvgIpc) is 3.57. The fourth-order valence-corrected chi connectivity index (χ4v) is 5.91. The zero-order valence-electron chi connectivity index (χ0n) is 17.4. The highest BCUT2D eigenvalue weighted by Crippen LogP contribution is 2.53. The molecule has 0 bridgehead atoms. The highest BCUT2D eigenvalue weighted by atomic mass is 32.1. The number of hydrogen-bond donors (Lipinski definition) is 3. The minimum Gasteiger partial charge on any atom is -0.443 e. The number of aliphatic hydroxyl groups excluding tert-OH is 1. The molecule has 6 rings (SSSR count). The van der Waals surface area contributed by atoms with E-state index in [0.29, 0.717) is 28.0 Å². The first kappa shape index (κ1) is 19.7. The molecule has 32 heavy (non-hydrogen) atoms. The second kappa shape index (κ2) is 7.54. The SMILES string of the molecule is O=C(Nc1nc2cc(CO)ccc2n1[C@H]1C[C@@]2(CCNC2)C1)c1ccc(-c2cnco2)s1. The number of imidazole rings is 1. The van der Waals surface area contributed by atoms with Crippen molar-refractivity contribution in [1.29, 1.82) is 0 Å². The fourth-order valence-electron chi connectivity index (χ4n) is 5.06. The van der Waals surface area contributed by atoms with Crippen LogP contribution in [0.5, 0.6) is 0 Å². The third-order valence-corrected chi connectivity index (χ3v) is 7.80. The van der Waals surface area contributed by atoms with Crippen molar-refractivity contribution in [3.63, 3.8) is 0 Å². The van der Waals surface area contributed by atoms with Crippen LogP contribution >= 0.6 is 11.3 Å². The van der Waals surface area contributed by atoms with Crippen molar-refractivity contribution in [1.82, 2.24) is 19.9 Å². The molecule has 1 aliphatic heterocycles. The van der Waals surface area contributed by atoms with Crippen LogP contribution in [0.2, 0.25) is 0 Å². The molecule has 3 aromatic heterocycles. The van der Waals surface area contributed by atoms with Crippen LogP contribution in [0.25, 0.3) is 21.7 Å². The number of anilines is 1. The summed E-state index contributed by atoms with van der Waals surface area (Å²) in [7, 11) is 0. The monoisotopic (exact) mass is 449 g/mol. The number of rotatable bonds is 5. The standard InChI is InChI=1S/C23H23N5O3S/c29-11-14-1-2-17-16(7-14)26-22(28(17)15-8-23(9-15)5-6-24-12-23)27-21(30)20-4-3-19(32-20)18-10-25-13-31-18/h1-4,7,10,13,15,24,29H,5-6,8-9,11-12H2,(H,26,27,30)/t15-,23-. The second-order valence-electron chi connectivity index (χ2n) is 8.76. The van der Waals surface area contributed by atoms with Gasteiger partial charge in [0, 0.05) is 12.6 Å². The lowest BCUT2D eigenvalue weighted by Gasteiger charge is -2.46. The van der Waals surface area contributed by atoms with E-state index in [1.807, 2.05) is 24.3 Å². The van der Waals surface area contributed by atoms with Crippen molar-refractivity contribution in [3.05, 3.63) is 53.4 Å². The van der Waals surface area contributed by atoms with Crippen molar-refractivity contribution in [2.45, 2.75) is 31.9 Å². The van der Waals surface area contributed by atoms with Crippen molar-refractivity contribution >= 4 is 34.2 Å². The van der Waals surface area contributed by atoms with Gasteiger partial charge in [0.1, 0.15) is 0 Å². The Hall–Kier alpha value is -3.01. The van der Waals surface area contributed by atoms with Crippen LogP contribution in [0.4, 0.5) is 5.95 Å². The first-order valence-corrected chi connectivity index (χ1v) is 11.6. The van der Waals surface area contributed by atoms with E-state index in [9.17, 15) is 9.90 Å². The summed E-state index contributed by atoms with van der Waals surface area (Å²) in [5, 5.41) is 16.1. The van der Waals surface area contributed by atoms with Gasteiger partial charge < -0.3 is 19.4 Å². The first-order valence-electron chi connectivity index (χ1n) is 10.8. The predicted octanol–water partition coefficient (Wildman–Crippen LogP) is 3.81. The molecule has 2 aliphatic rings. The third-order valence-electron chi connectivity index (χ3n) is 6.70. The van der Waals surface area contributed by atoms with Crippen LogP contribution < -0.4 is 10.6 Å². The quantitative estimate of drug-likeness (QED) is 0.428. The summed E-state index contributed by atoms with van der Waals surface area (Å²) in [6.45, 7) is 2.10. The summed E-state index contributed by atoms with van der Waals surface area (Å²) < 4.78 is 7.51. The molecule has 4 aromatic rings. The number of amides is 1. The minimum absolute atomic E-state index is 0.0394. The van der Waals surface area contributed by atoms with Crippen LogP contribution in [-0.4, -0.2) is 38.6 Å². The van der Waals surface area contributed by atoms with E-state index in [1.165, 1.54) is 24.2 Å². The summed E-state index contributed by atoms with van der Waals surface area (Å²) in [6, 6.07) is 9.75. The van der Waals surface area contributed by atoms with E-state index in [2.05, 4.69) is 20.2 Å². The number of carbonyl (C=O) groups is 1. The number of hydrogen-bond acceptors (Lipinski definition) is 7. The molecule has 1 aromatic carbocycles. The number of benzene rings is 1. The maximum Gasteiger partial charge on any atom is 0.268 e. The molecule has 1 amide bonds. The number of oxazole rings is 1. The van der Waals surface area contributed by atoms with Gasteiger partial charge in [0.2, 0.25) is 5.95 Å². The number of aliphatic hydroxyl groups is 1. The van der Waals surface area contributed by atoms with E-state index in [4.69, 9.17) is 9.40 Å². The van der Waals surface area contributed by atoms with Gasteiger partial charge in [0.25, 0.3) is 5.91 Å². The number of fused-ring (bicyclic) bond motifs is 1. The molecule has 1 saturated carbocycles. The zero-order chi connectivity index (χ0) is 21.7. The molecule has 0 radical (unpaired) electrons. The first-order chi connectivity index (χ1) is 15.6. The Morgan fingerprint density at radius 3 is 3.00 bits per heavy atom. The van der Waals surface area contributed by atoms with E-state index in [-0.39, 0.29) is 12.5 Å². The molecule has 1 spiro atoms. The smallest absolute Gasteiger partial charge is 0.268 e. The number of carbonyl (C=O) groups excluding carboxylic acids is 1. The Morgan fingerprint density at radius 2 is 2.25 bits per heavy atom. The van der Waals surface area contributed by atoms with Gasteiger partial charge in [-0.05, 0) is 61.1 Å². The van der Waals surface area contributed by atoms with Crippen molar-refractivity contribution < 1.29 is 14.3 Å². The predicted molar refractivity (Wildman–Crippen MR) is 122 cm³/mol. The Bertz CT molecular complexity index is 1280. The van der Waals surface area contributed by atoms with E-state index in [1.54, 1.807) is 12.3 Å². The summed E-state index contributed by atoms with van der Waals surface area (Å²) in [6.07, 6.45) is 6.36. The third kappa shape index (κ3) is 3.24. The molecule has 0 unspecified atom stereocenters. The lowest BCUT2D eigenvalue weighted by Crippen LogP contribution is -2.40. The molecule has 0 atom stereocenters. The molecular weight excluding hydrogens is 426 g/mol. The van der Waals surface area contributed by atoms with Crippen LogP contribution in [0.15, 0.2) is 47.3 Å². The van der Waals surface area contributed by atoms with Crippen molar-refractivity contribution in [2.24, 2.45) is 5.41 Å². The number of nitrogens with one attached hydrogen (secondary N) is 2. The Kier molecular flexibility index (Phi) is 4.63. The van der Waals surface area contributed by atoms with Crippen LogP contribution in [-0.2, 0) is 6.61 Å². The van der Waals surface area contributed by atoms with Crippen molar-refractivity contribution in [3.8, 4) is 10.6 Å². The van der Waals surface area contributed by atoms with Crippen LogP contribution in [0.1, 0.15) is 40.5 Å². The summed E-state index contributed by atoms with van der Waals surface area (Å²) in [5.74, 6) is 1.000. The van der Waals surface area contributed by atoms with Crippen molar-refractivity contribution in [2.75, 3.05) is 18.4 Å². The maximum atomic E-state index is 13.1. The Morgan fingerprint density at radius 1 is 1.34 bits per heavy atom. The molecule has 8 nitrogen and oxygen atoms in total. The molecule has 4 heterocycles. The van der Waals surface area contributed by atoms with Gasteiger partial charge in [-0.2, -0.15) is 0 Å². The van der Waals surface area contributed by atoms with Crippen LogP contribution in [0, 0.1) is 5.41 Å². The topological polar surface area (TPSA) is 105 Å². The lowest BCUT2D eigenvalue weighted by atomic mass is 9.65. The summed E-state index contributed by atoms with van der Waals surface area (Å²) in [5.41, 5.74) is 2.94. The number of thiophene rings is 1. The summed E-state index contributed by atoms with van der Waals surface area (Å²) >= 11 is 1.36. The largest absolute Gasteiger partial charge is 0.443 e. The van der Waals surface area contributed by atoms with E-state index < -0.39 is 0 Å². The summed E-state index contributed by atoms with van der Waals surface area (Å²) in [4.78, 5) is 23.2. The molecule has 9 heteroatoms. The average molecular weight is 450 g/mol. The fraction of sp³-hybridized carbons (Fsp3) is 0.348. The Balaban J connectivity index is 1.32. The molecule has 164 valence electrons. The maximum absolute atomic E-state index is 13.1. The van der Waals surface area contributed by atoms with Gasteiger partial charge in [0.05, 0.1) is 33.6 Å². The highest BCUT2D eigenvalue weighted by molar-refractivity contribution is 7.17. The molecular formula is C23H23N5O3S. The minimum atomic E-state index is -0.198. The van der Waals surface area contributed by atoms with E-state index >= 15 is 0 Å². The van der Waals surface area contributed by atoms with Gasteiger partial charge in [0.15, 0.2) is 12.2 Å². The van der Waals surface area contributed by atoms with Gasteiger partial charge in [-0.3, -0.25) is 10.1 Å². The molecule has 1 aliphatic carbocycles.